The van der Waals surface area contributed by atoms with Crippen LogP contribution >= 0.6 is 22.9 Å². The van der Waals surface area contributed by atoms with Gasteiger partial charge in [0, 0.05) is 21.3 Å². The van der Waals surface area contributed by atoms with Crippen LogP contribution in [0.2, 0.25) is 5.02 Å². The summed E-state index contributed by atoms with van der Waals surface area (Å²) in [7, 11) is 0. The van der Waals surface area contributed by atoms with Gasteiger partial charge in [-0.3, -0.25) is 9.78 Å². The van der Waals surface area contributed by atoms with E-state index in [1.807, 2.05) is 18.2 Å². The molecular weight excluding hydrogens is 242 g/mol. The average molecular weight is 248 g/mol. The Morgan fingerprint density at radius 3 is 2.94 bits per heavy atom. The quantitative estimate of drug-likeness (QED) is 0.570. The van der Waals surface area contributed by atoms with Crippen molar-refractivity contribution in [3.63, 3.8) is 0 Å². The standard InChI is InChI=1S/C12H6ClNOS/c13-7-3-4-8-10(6-7)16-9-2-1-5-14-11(9)12(8)15/h1-6H. The van der Waals surface area contributed by atoms with E-state index in [0.29, 0.717) is 15.9 Å². The normalized spacial score (nSPS) is 11.1. The number of nitrogens with zero attached hydrogens (tertiary/aromatic N) is 1. The van der Waals surface area contributed by atoms with Crippen LogP contribution in [0.4, 0.5) is 0 Å². The maximum absolute atomic E-state index is 12.1. The molecule has 0 saturated carbocycles. The fourth-order valence-corrected chi connectivity index (χ4v) is 2.98. The van der Waals surface area contributed by atoms with Gasteiger partial charge in [-0.15, -0.1) is 11.3 Å². The minimum absolute atomic E-state index is 0.0268. The molecule has 0 bridgehead atoms. The van der Waals surface area contributed by atoms with Crippen molar-refractivity contribution in [1.82, 2.24) is 4.98 Å². The highest BCUT2D eigenvalue weighted by molar-refractivity contribution is 7.24. The van der Waals surface area contributed by atoms with Gasteiger partial charge in [0.15, 0.2) is 0 Å². The second-order valence-corrected chi connectivity index (χ2v) is 4.94. The van der Waals surface area contributed by atoms with E-state index >= 15 is 0 Å². The lowest BCUT2D eigenvalue weighted by molar-refractivity contribution is 1.41. The molecule has 0 aliphatic heterocycles. The molecule has 1 aromatic carbocycles. The van der Waals surface area contributed by atoms with Gasteiger partial charge in [0.05, 0.1) is 4.70 Å². The van der Waals surface area contributed by atoms with E-state index in [-0.39, 0.29) is 5.43 Å². The van der Waals surface area contributed by atoms with Gasteiger partial charge in [0.25, 0.3) is 0 Å². The fourth-order valence-electron chi connectivity index (χ4n) is 1.66. The van der Waals surface area contributed by atoms with Crippen LogP contribution in [0.25, 0.3) is 20.3 Å². The van der Waals surface area contributed by atoms with Gasteiger partial charge in [-0.1, -0.05) is 11.6 Å². The number of fused-ring (bicyclic) bond motifs is 2. The molecule has 0 amide bonds. The smallest absolute Gasteiger partial charge is 0.214 e. The number of pyridine rings is 1. The number of aromatic nitrogens is 1. The molecule has 78 valence electrons. The van der Waals surface area contributed by atoms with Crippen molar-refractivity contribution in [2.75, 3.05) is 0 Å². The minimum Gasteiger partial charge on any atom is -0.287 e. The summed E-state index contributed by atoms with van der Waals surface area (Å²) >= 11 is 7.44. The molecule has 3 rings (SSSR count). The molecule has 3 aromatic rings. The zero-order chi connectivity index (χ0) is 11.1. The summed E-state index contributed by atoms with van der Waals surface area (Å²) in [6.07, 6.45) is 1.64. The first kappa shape index (κ1) is 9.75. The molecule has 4 heteroatoms. The second kappa shape index (κ2) is 3.54. The van der Waals surface area contributed by atoms with Crippen LogP contribution in [0.5, 0.6) is 0 Å². The number of benzene rings is 1. The lowest BCUT2D eigenvalue weighted by atomic mass is 10.2. The number of halogens is 1. The molecule has 0 radical (unpaired) electrons. The van der Waals surface area contributed by atoms with E-state index in [1.165, 1.54) is 11.3 Å². The van der Waals surface area contributed by atoms with E-state index in [4.69, 9.17) is 11.6 Å². The number of hydrogen-bond donors (Lipinski definition) is 0. The summed E-state index contributed by atoms with van der Waals surface area (Å²) in [5.74, 6) is 0. The van der Waals surface area contributed by atoms with E-state index < -0.39 is 0 Å². The van der Waals surface area contributed by atoms with Gasteiger partial charge in [0.1, 0.15) is 5.52 Å². The second-order valence-electron chi connectivity index (χ2n) is 3.42. The summed E-state index contributed by atoms with van der Waals surface area (Å²) in [6.45, 7) is 0. The monoisotopic (exact) mass is 247 g/mol. The number of hydrogen-bond acceptors (Lipinski definition) is 3. The summed E-state index contributed by atoms with van der Waals surface area (Å²) < 4.78 is 1.79. The predicted octanol–water partition coefficient (Wildman–Crippen LogP) is 3.46. The molecule has 2 aromatic heterocycles. The molecule has 0 unspecified atom stereocenters. The van der Waals surface area contributed by atoms with E-state index in [1.54, 1.807) is 18.3 Å². The zero-order valence-corrected chi connectivity index (χ0v) is 9.68. The van der Waals surface area contributed by atoms with E-state index in [2.05, 4.69) is 4.98 Å². The Morgan fingerprint density at radius 1 is 1.19 bits per heavy atom. The Bertz CT molecular complexity index is 751. The van der Waals surface area contributed by atoms with Crippen LogP contribution in [0.3, 0.4) is 0 Å². The van der Waals surface area contributed by atoms with Gasteiger partial charge in [-0.25, -0.2) is 0 Å². The highest BCUT2D eigenvalue weighted by Gasteiger charge is 2.06. The molecule has 2 heterocycles. The Hall–Kier alpha value is -1.45. The third-order valence-corrected chi connectivity index (χ3v) is 3.74. The van der Waals surface area contributed by atoms with Crippen LogP contribution in [0.15, 0.2) is 41.3 Å². The molecule has 0 aliphatic carbocycles. The topological polar surface area (TPSA) is 30.0 Å². The van der Waals surface area contributed by atoms with Gasteiger partial charge in [0.2, 0.25) is 5.43 Å². The fraction of sp³-hybridized carbons (Fsp3) is 0. The molecule has 0 spiro atoms. The zero-order valence-electron chi connectivity index (χ0n) is 8.11. The van der Waals surface area contributed by atoms with Crippen molar-refractivity contribution in [2.24, 2.45) is 0 Å². The first-order valence-electron chi connectivity index (χ1n) is 4.73. The molecule has 2 nitrogen and oxygen atoms in total. The Kier molecular flexibility index (Phi) is 2.16. The van der Waals surface area contributed by atoms with Gasteiger partial charge < -0.3 is 0 Å². The predicted molar refractivity (Wildman–Crippen MR) is 68.4 cm³/mol. The lowest BCUT2D eigenvalue weighted by Crippen LogP contribution is -2.02. The lowest BCUT2D eigenvalue weighted by Gasteiger charge is -1.99. The van der Waals surface area contributed by atoms with Crippen LogP contribution in [-0.4, -0.2) is 4.98 Å². The molecule has 0 fully saturated rings. The van der Waals surface area contributed by atoms with Crippen LogP contribution in [0.1, 0.15) is 0 Å². The third kappa shape index (κ3) is 1.40. The average Bonchev–Trinajstić information content (AvgIpc) is 2.29. The summed E-state index contributed by atoms with van der Waals surface area (Å²) in [6, 6.07) is 9.02. The first-order chi connectivity index (χ1) is 7.75. The SMILES string of the molecule is O=c1c2ccc(Cl)cc2sc2cccnc12. The van der Waals surface area contributed by atoms with Gasteiger partial charge >= 0.3 is 0 Å². The van der Waals surface area contributed by atoms with Crippen molar-refractivity contribution in [3.8, 4) is 0 Å². The molecule has 0 aliphatic rings. The highest BCUT2D eigenvalue weighted by Crippen LogP contribution is 2.25. The first-order valence-corrected chi connectivity index (χ1v) is 5.92. The van der Waals surface area contributed by atoms with Gasteiger partial charge in [-0.2, -0.15) is 0 Å². The summed E-state index contributed by atoms with van der Waals surface area (Å²) in [5.41, 5.74) is 0.503. The van der Waals surface area contributed by atoms with Crippen LogP contribution in [-0.2, 0) is 0 Å². The van der Waals surface area contributed by atoms with Crippen molar-refractivity contribution >= 4 is 43.2 Å². The van der Waals surface area contributed by atoms with Crippen molar-refractivity contribution in [2.45, 2.75) is 0 Å². The van der Waals surface area contributed by atoms with E-state index in [0.717, 1.165) is 9.40 Å². The van der Waals surface area contributed by atoms with Crippen LogP contribution in [0, 0.1) is 0 Å². The summed E-state index contributed by atoms with van der Waals surface area (Å²) in [5, 5.41) is 1.33. The molecule has 16 heavy (non-hydrogen) atoms. The molecule has 0 atom stereocenters. The van der Waals surface area contributed by atoms with Crippen molar-refractivity contribution in [1.29, 1.82) is 0 Å². The maximum atomic E-state index is 12.1. The van der Waals surface area contributed by atoms with E-state index in [9.17, 15) is 4.79 Å². The molecule has 0 saturated heterocycles. The minimum atomic E-state index is -0.0268. The molecule has 0 N–H and O–H groups in total. The van der Waals surface area contributed by atoms with Crippen molar-refractivity contribution in [3.05, 3.63) is 51.8 Å². The molecular formula is C12H6ClNOS. The Labute approximate surface area is 100 Å². The van der Waals surface area contributed by atoms with Gasteiger partial charge in [-0.05, 0) is 30.3 Å². The maximum Gasteiger partial charge on any atom is 0.214 e. The number of rotatable bonds is 0. The Morgan fingerprint density at radius 2 is 2.06 bits per heavy atom. The third-order valence-electron chi connectivity index (χ3n) is 2.39. The summed E-state index contributed by atoms with van der Waals surface area (Å²) in [4.78, 5) is 16.2. The Balaban J connectivity index is 2.61. The van der Waals surface area contributed by atoms with Crippen LogP contribution < -0.4 is 5.43 Å². The largest absolute Gasteiger partial charge is 0.287 e. The highest BCUT2D eigenvalue weighted by atomic mass is 35.5. The van der Waals surface area contributed by atoms with Crippen molar-refractivity contribution < 1.29 is 0 Å².